The number of amides is 1. The second-order valence-electron chi connectivity index (χ2n) is 6.24. The zero-order valence-electron chi connectivity index (χ0n) is 16.5. The summed E-state index contributed by atoms with van der Waals surface area (Å²) in [6, 6.07) is 12.5. The van der Waals surface area contributed by atoms with Crippen LogP contribution in [-0.2, 0) is 24.3 Å². The van der Waals surface area contributed by atoms with Gasteiger partial charge >= 0.3 is 0 Å². The van der Waals surface area contributed by atoms with Gasteiger partial charge in [0.15, 0.2) is 5.96 Å². The largest absolute Gasteiger partial charge is 0.380 e. The highest BCUT2D eigenvalue weighted by Gasteiger charge is 2.06. The van der Waals surface area contributed by atoms with E-state index in [1.54, 1.807) is 39.4 Å². The number of benzene rings is 2. The maximum absolute atomic E-state index is 13.7. The van der Waals surface area contributed by atoms with Gasteiger partial charge in [-0.25, -0.2) is 4.39 Å². The third-order valence-corrected chi connectivity index (χ3v) is 4.22. The second-order valence-corrected chi connectivity index (χ2v) is 6.24. The number of halogens is 1. The summed E-state index contributed by atoms with van der Waals surface area (Å²) < 4.78 is 18.7. The lowest BCUT2D eigenvalue weighted by molar-refractivity contribution is 0.0963. The van der Waals surface area contributed by atoms with Crippen molar-refractivity contribution in [3.8, 4) is 0 Å². The van der Waals surface area contributed by atoms with Crippen molar-refractivity contribution in [1.29, 1.82) is 0 Å². The van der Waals surface area contributed by atoms with Crippen molar-refractivity contribution in [2.24, 2.45) is 4.99 Å². The summed E-state index contributed by atoms with van der Waals surface area (Å²) in [4.78, 5) is 15.9. The lowest BCUT2D eigenvalue weighted by atomic mass is 10.1. The van der Waals surface area contributed by atoms with Gasteiger partial charge in [-0.2, -0.15) is 0 Å². The molecule has 0 saturated carbocycles. The van der Waals surface area contributed by atoms with E-state index in [4.69, 9.17) is 4.74 Å². The van der Waals surface area contributed by atoms with Crippen molar-refractivity contribution in [3.05, 3.63) is 70.5 Å². The lowest BCUT2D eigenvalue weighted by Gasteiger charge is -2.13. The van der Waals surface area contributed by atoms with Crippen LogP contribution in [0.5, 0.6) is 0 Å². The quantitative estimate of drug-likeness (QED) is 0.481. The fraction of sp³-hybridized carbons (Fsp3) is 0.333. The van der Waals surface area contributed by atoms with Gasteiger partial charge < -0.3 is 20.7 Å². The Balaban J connectivity index is 1.85. The summed E-state index contributed by atoms with van der Waals surface area (Å²) >= 11 is 0. The molecular weight excluding hydrogens is 359 g/mol. The predicted molar refractivity (Wildman–Crippen MR) is 109 cm³/mol. The van der Waals surface area contributed by atoms with E-state index >= 15 is 0 Å². The van der Waals surface area contributed by atoms with Crippen molar-refractivity contribution in [3.63, 3.8) is 0 Å². The first-order chi connectivity index (χ1) is 13.6. The van der Waals surface area contributed by atoms with Crippen LogP contribution in [0.1, 0.15) is 27.0 Å². The van der Waals surface area contributed by atoms with Crippen LogP contribution >= 0.6 is 0 Å². The molecule has 0 atom stereocenters. The molecule has 2 rings (SSSR count). The second kappa shape index (κ2) is 11.0. The van der Waals surface area contributed by atoms with E-state index in [9.17, 15) is 9.18 Å². The monoisotopic (exact) mass is 386 g/mol. The van der Waals surface area contributed by atoms with Crippen LogP contribution in [0.2, 0.25) is 0 Å². The third-order valence-electron chi connectivity index (χ3n) is 4.22. The molecule has 0 aliphatic rings. The molecule has 0 bridgehead atoms. The molecule has 2 aromatic rings. The van der Waals surface area contributed by atoms with E-state index in [2.05, 4.69) is 20.9 Å². The van der Waals surface area contributed by atoms with Crippen LogP contribution in [0.4, 0.5) is 4.39 Å². The van der Waals surface area contributed by atoms with Crippen LogP contribution in [0.25, 0.3) is 0 Å². The first kappa shape index (κ1) is 21.4. The number of carbonyl (C=O) groups excluding carboxylic acids is 1. The molecule has 150 valence electrons. The zero-order chi connectivity index (χ0) is 20.4. The molecule has 0 saturated heterocycles. The Morgan fingerprint density at radius 2 is 1.96 bits per heavy atom. The highest BCUT2D eigenvalue weighted by molar-refractivity contribution is 5.94. The van der Waals surface area contributed by atoms with Crippen LogP contribution < -0.4 is 16.0 Å². The van der Waals surface area contributed by atoms with Crippen LogP contribution in [-0.4, -0.2) is 39.6 Å². The molecular formula is C21H27FN4O2. The zero-order valence-corrected chi connectivity index (χ0v) is 16.5. The van der Waals surface area contributed by atoms with Gasteiger partial charge in [-0.15, -0.1) is 0 Å². The molecule has 2 aromatic carbocycles. The van der Waals surface area contributed by atoms with Gasteiger partial charge in [0, 0.05) is 45.4 Å². The molecule has 7 heteroatoms. The third kappa shape index (κ3) is 6.35. The van der Waals surface area contributed by atoms with Gasteiger partial charge in [-0.1, -0.05) is 18.2 Å². The average Bonchev–Trinajstić information content (AvgIpc) is 2.72. The molecule has 6 nitrogen and oxygen atoms in total. The summed E-state index contributed by atoms with van der Waals surface area (Å²) in [7, 11) is 4.86. The SMILES string of the molecule is CN=C(NCCc1cccc(C(=O)NC)c1)NCc1ccc(F)c(COC)c1. The molecule has 1 amide bonds. The fourth-order valence-electron chi connectivity index (χ4n) is 2.75. The topological polar surface area (TPSA) is 74.8 Å². The minimum absolute atomic E-state index is 0.0978. The number of nitrogens with one attached hydrogen (secondary N) is 3. The number of hydrogen-bond donors (Lipinski definition) is 3. The van der Waals surface area contributed by atoms with Crippen molar-refractivity contribution < 1.29 is 13.9 Å². The molecule has 28 heavy (non-hydrogen) atoms. The Bertz CT molecular complexity index is 824. The van der Waals surface area contributed by atoms with E-state index < -0.39 is 0 Å². The number of aliphatic imine (C=N–C) groups is 1. The normalized spacial score (nSPS) is 11.2. The molecule has 0 aromatic heterocycles. The van der Waals surface area contributed by atoms with Gasteiger partial charge in [0.2, 0.25) is 0 Å². The fourth-order valence-corrected chi connectivity index (χ4v) is 2.75. The Morgan fingerprint density at radius 1 is 1.14 bits per heavy atom. The van der Waals surface area contributed by atoms with Gasteiger partial charge in [0.1, 0.15) is 5.82 Å². The summed E-state index contributed by atoms with van der Waals surface area (Å²) in [5, 5.41) is 9.08. The Kier molecular flexibility index (Phi) is 8.42. The van der Waals surface area contributed by atoms with Crippen LogP contribution in [0, 0.1) is 5.82 Å². The van der Waals surface area contributed by atoms with Gasteiger partial charge in [0.05, 0.1) is 6.61 Å². The molecule has 0 fully saturated rings. The minimum atomic E-state index is -0.271. The summed E-state index contributed by atoms with van der Waals surface area (Å²) in [5.41, 5.74) is 3.17. The molecule has 3 N–H and O–H groups in total. The highest BCUT2D eigenvalue weighted by Crippen LogP contribution is 2.11. The van der Waals surface area contributed by atoms with Crippen molar-refractivity contribution in [1.82, 2.24) is 16.0 Å². The Morgan fingerprint density at radius 3 is 2.68 bits per heavy atom. The summed E-state index contributed by atoms with van der Waals surface area (Å²) in [6.45, 7) is 1.42. The van der Waals surface area contributed by atoms with Gasteiger partial charge in [0.25, 0.3) is 5.91 Å². The first-order valence-corrected chi connectivity index (χ1v) is 9.09. The standard InChI is InChI=1S/C21H27FN4O2/c1-23-20(27)17-6-4-5-15(11-17)9-10-25-21(24-2)26-13-16-7-8-19(22)18(12-16)14-28-3/h4-8,11-12H,9-10,13-14H2,1-3H3,(H,23,27)(H2,24,25,26). The summed E-state index contributed by atoms with van der Waals surface area (Å²) in [6.07, 6.45) is 0.750. The molecule has 0 spiro atoms. The Labute approximate surface area is 165 Å². The van der Waals surface area contributed by atoms with Crippen molar-refractivity contribution in [2.45, 2.75) is 19.6 Å². The first-order valence-electron chi connectivity index (χ1n) is 9.09. The molecule has 0 aliphatic carbocycles. The number of nitrogens with zero attached hydrogens (tertiary/aromatic N) is 1. The maximum atomic E-state index is 13.7. The average molecular weight is 386 g/mol. The molecule has 0 unspecified atom stereocenters. The van der Waals surface area contributed by atoms with Crippen molar-refractivity contribution >= 4 is 11.9 Å². The number of carbonyl (C=O) groups is 1. The van der Waals surface area contributed by atoms with E-state index in [1.165, 1.54) is 6.07 Å². The highest BCUT2D eigenvalue weighted by atomic mass is 19.1. The van der Waals surface area contributed by atoms with E-state index in [1.807, 2.05) is 18.2 Å². The number of ether oxygens (including phenoxy) is 1. The van der Waals surface area contributed by atoms with E-state index in [0.717, 1.165) is 17.5 Å². The smallest absolute Gasteiger partial charge is 0.251 e. The number of hydrogen-bond acceptors (Lipinski definition) is 3. The summed E-state index contributed by atoms with van der Waals surface area (Å²) in [5.74, 6) is 0.284. The minimum Gasteiger partial charge on any atom is -0.380 e. The Hall–Kier alpha value is -2.93. The van der Waals surface area contributed by atoms with E-state index in [-0.39, 0.29) is 18.3 Å². The van der Waals surface area contributed by atoms with Crippen LogP contribution in [0.3, 0.4) is 0 Å². The molecule has 0 radical (unpaired) electrons. The lowest BCUT2D eigenvalue weighted by Crippen LogP contribution is -2.37. The van der Waals surface area contributed by atoms with Crippen molar-refractivity contribution in [2.75, 3.05) is 27.7 Å². The number of rotatable bonds is 8. The van der Waals surface area contributed by atoms with E-state index in [0.29, 0.717) is 30.2 Å². The van der Waals surface area contributed by atoms with Crippen LogP contribution in [0.15, 0.2) is 47.5 Å². The molecule has 0 heterocycles. The predicted octanol–water partition coefficient (Wildman–Crippen LogP) is 2.24. The number of methoxy groups -OCH3 is 1. The molecule has 0 aliphatic heterocycles. The van der Waals surface area contributed by atoms with Gasteiger partial charge in [-0.05, 0) is 41.8 Å². The van der Waals surface area contributed by atoms with Gasteiger partial charge in [-0.3, -0.25) is 9.79 Å². The maximum Gasteiger partial charge on any atom is 0.251 e. The number of guanidine groups is 1.